The molecule has 1 aromatic heterocycles. The van der Waals surface area contributed by atoms with Crippen LogP contribution in [-0.4, -0.2) is 13.4 Å². The van der Waals surface area contributed by atoms with E-state index >= 15 is 0 Å². The highest BCUT2D eigenvalue weighted by Gasteiger charge is 2.18. The Hall–Kier alpha value is -1.79. The van der Waals surface area contributed by atoms with Gasteiger partial charge < -0.3 is 5.73 Å². The molecule has 0 saturated carbocycles. The Morgan fingerprint density at radius 3 is 2.63 bits per heavy atom. The Kier molecular flexibility index (Phi) is 3.64. The molecule has 19 heavy (non-hydrogen) atoms. The van der Waals surface area contributed by atoms with Gasteiger partial charge in [0.05, 0.1) is 17.6 Å². The molecule has 0 fully saturated rings. The van der Waals surface area contributed by atoms with Crippen LogP contribution in [0.4, 0.5) is 11.4 Å². The topological polar surface area (TPSA) is 85.1 Å². The first-order chi connectivity index (χ1) is 8.88. The number of nitrogens with zero attached hydrogens (tertiary/aromatic N) is 1. The summed E-state index contributed by atoms with van der Waals surface area (Å²) in [7, 11) is -3.78. The molecule has 0 amide bonds. The first-order valence-corrected chi connectivity index (χ1v) is 7.25. The fourth-order valence-electron chi connectivity index (χ4n) is 1.48. The lowest BCUT2D eigenvalue weighted by atomic mass is 10.3. The van der Waals surface area contributed by atoms with Crippen LogP contribution in [0.15, 0.2) is 41.4 Å². The predicted molar refractivity (Wildman–Crippen MR) is 75.6 cm³/mol. The fraction of sp³-hybridized carbons (Fsp3) is 0.0833. The van der Waals surface area contributed by atoms with Crippen LogP contribution in [0.2, 0.25) is 5.02 Å². The van der Waals surface area contributed by atoms with Crippen LogP contribution in [0.5, 0.6) is 0 Å². The summed E-state index contributed by atoms with van der Waals surface area (Å²) >= 11 is 5.79. The highest BCUT2D eigenvalue weighted by molar-refractivity contribution is 7.92. The molecule has 0 aliphatic rings. The number of rotatable bonds is 3. The predicted octanol–water partition coefficient (Wildman–Crippen LogP) is 2.43. The van der Waals surface area contributed by atoms with E-state index in [2.05, 4.69) is 9.71 Å². The average Bonchev–Trinajstić information content (AvgIpc) is 2.35. The maximum atomic E-state index is 12.2. The van der Waals surface area contributed by atoms with Crippen molar-refractivity contribution in [2.45, 2.75) is 11.8 Å². The number of pyridine rings is 1. The van der Waals surface area contributed by atoms with Crippen LogP contribution in [0.25, 0.3) is 0 Å². The third-order valence-electron chi connectivity index (χ3n) is 2.43. The van der Waals surface area contributed by atoms with E-state index in [1.54, 1.807) is 12.1 Å². The van der Waals surface area contributed by atoms with Crippen LogP contribution in [-0.2, 0) is 10.0 Å². The molecule has 0 aliphatic carbocycles. The van der Waals surface area contributed by atoms with E-state index in [0.717, 1.165) is 5.69 Å². The first-order valence-electron chi connectivity index (χ1n) is 5.39. The minimum Gasteiger partial charge on any atom is -0.398 e. The average molecular weight is 298 g/mol. The van der Waals surface area contributed by atoms with Crippen molar-refractivity contribution in [2.75, 3.05) is 10.5 Å². The molecule has 1 aromatic carbocycles. The zero-order valence-electron chi connectivity index (χ0n) is 10.1. The number of nitrogens with two attached hydrogens (primary N) is 1. The van der Waals surface area contributed by atoms with Gasteiger partial charge >= 0.3 is 0 Å². The number of nitrogens with one attached hydrogen (secondary N) is 1. The molecule has 2 rings (SSSR count). The van der Waals surface area contributed by atoms with Crippen molar-refractivity contribution in [1.29, 1.82) is 0 Å². The van der Waals surface area contributed by atoms with Crippen molar-refractivity contribution in [3.63, 3.8) is 0 Å². The Morgan fingerprint density at radius 1 is 1.26 bits per heavy atom. The third kappa shape index (κ3) is 3.15. The highest BCUT2D eigenvalue weighted by Crippen LogP contribution is 2.24. The number of aryl methyl sites for hydroxylation is 1. The van der Waals surface area contributed by atoms with Gasteiger partial charge in [0.25, 0.3) is 10.0 Å². The van der Waals surface area contributed by atoms with E-state index in [1.165, 1.54) is 24.4 Å². The van der Waals surface area contributed by atoms with Crippen LogP contribution in [0.3, 0.4) is 0 Å². The molecule has 5 nitrogen and oxygen atoms in total. The van der Waals surface area contributed by atoms with Gasteiger partial charge in [-0.15, -0.1) is 0 Å². The van der Waals surface area contributed by atoms with Gasteiger partial charge in [-0.1, -0.05) is 11.6 Å². The molecule has 0 bridgehead atoms. The van der Waals surface area contributed by atoms with Gasteiger partial charge in [0.1, 0.15) is 4.90 Å². The molecule has 0 unspecified atom stereocenters. The Labute approximate surface area is 116 Å². The van der Waals surface area contributed by atoms with Crippen LogP contribution >= 0.6 is 11.6 Å². The zero-order valence-corrected chi connectivity index (χ0v) is 11.7. The number of nitrogen functional groups attached to an aromatic ring is 1. The van der Waals surface area contributed by atoms with Gasteiger partial charge in [-0.2, -0.15) is 0 Å². The van der Waals surface area contributed by atoms with E-state index < -0.39 is 10.0 Å². The highest BCUT2D eigenvalue weighted by atomic mass is 35.5. The summed E-state index contributed by atoms with van der Waals surface area (Å²) in [5.41, 5.74) is 6.96. The third-order valence-corrected chi connectivity index (χ3v) is 4.10. The molecule has 100 valence electrons. The van der Waals surface area contributed by atoms with Gasteiger partial charge in [-0.05, 0) is 37.3 Å². The minimum atomic E-state index is -3.78. The Bertz CT molecular complexity index is 699. The molecule has 1 heterocycles. The first kappa shape index (κ1) is 13.6. The molecule has 7 heteroatoms. The van der Waals surface area contributed by atoms with E-state index in [9.17, 15) is 8.42 Å². The zero-order chi connectivity index (χ0) is 14.0. The quantitative estimate of drug-likeness (QED) is 0.852. The molecule has 0 saturated heterocycles. The molecular weight excluding hydrogens is 286 g/mol. The number of sulfonamides is 1. The van der Waals surface area contributed by atoms with Crippen LogP contribution in [0.1, 0.15) is 5.69 Å². The van der Waals surface area contributed by atoms with E-state index in [1.807, 2.05) is 6.92 Å². The molecule has 0 radical (unpaired) electrons. The summed E-state index contributed by atoms with van der Waals surface area (Å²) < 4.78 is 26.8. The van der Waals surface area contributed by atoms with Crippen molar-refractivity contribution in [3.05, 3.63) is 47.2 Å². The standard InChI is InChI=1S/C12H12ClN3O2S/c1-8-2-4-10(7-15-8)16-19(17,18)12-6-9(13)3-5-11(12)14/h2-7,16H,14H2,1H3. The summed E-state index contributed by atoms with van der Waals surface area (Å²) in [4.78, 5) is 3.96. The van der Waals surface area contributed by atoms with Crippen molar-refractivity contribution < 1.29 is 8.42 Å². The van der Waals surface area contributed by atoms with Gasteiger partial charge in [-0.3, -0.25) is 9.71 Å². The normalized spacial score (nSPS) is 11.3. The van der Waals surface area contributed by atoms with Gasteiger partial charge in [0.15, 0.2) is 0 Å². The molecule has 0 atom stereocenters. The lowest BCUT2D eigenvalue weighted by molar-refractivity contribution is 0.601. The van der Waals surface area contributed by atoms with Gasteiger partial charge in [-0.25, -0.2) is 8.42 Å². The second kappa shape index (κ2) is 5.07. The Balaban J connectivity index is 2.37. The second-order valence-corrected chi connectivity index (χ2v) is 6.06. The fourth-order valence-corrected chi connectivity index (χ4v) is 2.92. The number of benzene rings is 1. The SMILES string of the molecule is Cc1ccc(NS(=O)(=O)c2cc(Cl)ccc2N)cn1. The largest absolute Gasteiger partial charge is 0.398 e. The summed E-state index contributed by atoms with van der Waals surface area (Å²) in [6, 6.07) is 7.62. The number of halogens is 1. The smallest absolute Gasteiger partial charge is 0.264 e. The van der Waals surface area contributed by atoms with Crippen molar-refractivity contribution in [1.82, 2.24) is 4.98 Å². The van der Waals surface area contributed by atoms with Crippen LogP contribution < -0.4 is 10.5 Å². The molecule has 3 N–H and O–H groups in total. The van der Waals surface area contributed by atoms with Crippen molar-refractivity contribution in [2.24, 2.45) is 0 Å². The lowest BCUT2D eigenvalue weighted by Crippen LogP contribution is -2.15. The lowest BCUT2D eigenvalue weighted by Gasteiger charge is -2.10. The van der Waals surface area contributed by atoms with Crippen LogP contribution in [0, 0.1) is 6.92 Å². The summed E-state index contributed by atoms with van der Waals surface area (Å²) in [5, 5.41) is 0.302. The summed E-state index contributed by atoms with van der Waals surface area (Å²) in [6.07, 6.45) is 1.44. The monoisotopic (exact) mass is 297 g/mol. The maximum absolute atomic E-state index is 12.2. The van der Waals surface area contributed by atoms with Crippen molar-refractivity contribution >= 4 is 33.0 Å². The molecule has 0 aliphatic heterocycles. The van der Waals surface area contributed by atoms with E-state index in [4.69, 9.17) is 17.3 Å². The van der Waals surface area contributed by atoms with Gasteiger partial charge in [0, 0.05) is 10.7 Å². The Morgan fingerprint density at radius 2 is 2.00 bits per heavy atom. The van der Waals surface area contributed by atoms with Crippen molar-refractivity contribution in [3.8, 4) is 0 Å². The molecular formula is C12H12ClN3O2S. The summed E-state index contributed by atoms with van der Waals surface area (Å²) in [6.45, 7) is 1.81. The van der Waals surface area contributed by atoms with Gasteiger partial charge in [0.2, 0.25) is 0 Å². The second-order valence-electron chi connectivity index (χ2n) is 3.98. The number of hydrogen-bond donors (Lipinski definition) is 2. The maximum Gasteiger partial charge on any atom is 0.264 e. The number of hydrogen-bond acceptors (Lipinski definition) is 4. The van der Waals surface area contributed by atoms with E-state index in [0.29, 0.717) is 10.7 Å². The minimum absolute atomic E-state index is 0.0550. The number of aromatic nitrogens is 1. The summed E-state index contributed by atoms with van der Waals surface area (Å²) in [5.74, 6) is 0. The molecule has 2 aromatic rings. The molecule has 0 spiro atoms. The number of anilines is 2. The van der Waals surface area contributed by atoms with E-state index in [-0.39, 0.29) is 10.6 Å².